The molecule has 19 heavy (non-hydrogen) atoms. The molecule has 1 saturated heterocycles. The van der Waals surface area contributed by atoms with Crippen LogP contribution in [0.15, 0.2) is 6.07 Å². The fourth-order valence-electron chi connectivity index (χ4n) is 2.42. The van der Waals surface area contributed by atoms with E-state index in [1.165, 1.54) is 0 Å². The molecule has 1 unspecified atom stereocenters. The van der Waals surface area contributed by atoms with Crippen molar-refractivity contribution < 1.29 is 4.79 Å². The quantitative estimate of drug-likeness (QED) is 0.827. The van der Waals surface area contributed by atoms with Crippen molar-refractivity contribution in [3.05, 3.63) is 17.6 Å². The topological polar surface area (TPSA) is 84.1 Å². The Morgan fingerprint density at radius 1 is 1.58 bits per heavy atom. The molecule has 2 heterocycles. The van der Waals surface area contributed by atoms with Crippen molar-refractivity contribution >= 4 is 11.7 Å². The monoisotopic (exact) mass is 263 g/mol. The Labute approximate surface area is 113 Å². The molecule has 0 saturated carbocycles. The number of primary amides is 1. The number of carbonyl (C=O) groups excluding carboxylic acids is 1. The first-order chi connectivity index (χ1) is 8.93. The molecule has 2 rings (SSSR count). The van der Waals surface area contributed by atoms with E-state index in [2.05, 4.69) is 20.2 Å². The van der Waals surface area contributed by atoms with E-state index >= 15 is 0 Å². The second-order valence-electron chi connectivity index (χ2n) is 5.45. The smallest absolute Gasteiger partial charge is 0.224 e. The van der Waals surface area contributed by atoms with Gasteiger partial charge in [-0.2, -0.15) is 0 Å². The molecule has 6 nitrogen and oxygen atoms in total. The van der Waals surface area contributed by atoms with Crippen molar-refractivity contribution in [2.75, 3.05) is 25.5 Å². The highest BCUT2D eigenvalue weighted by atomic mass is 16.1. The lowest BCUT2D eigenvalue weighted by Crippen LogP contribution is -2.37. The maximum Gasteiger partial charge on any atom is 0.224 e. The molecule has 0 aromatic carbocycles. The van der Waals surface area contributed by atoms with E-state index in [4.69, 9.17) is 5.73 Å². The number of nitrogens with zero attached hydrogens (tertiary/aromatic N) is 3. The van der Waals surface area contributed by atoms with Crippen LogP contribution in [0.4, 0.5) is 5.82 Å². The van der Waals surface area contributed by atoms with Gasteiger partial charge in [0.25, 0.3) is 0 Å². The normalized spacial score (nSPS) is 23.5. The van der Waals surface area contributed by atoms with E-state index in [0.717, 1.165) is 30.3 Å². The fraction of sp³-hybridized carbons (Fsp3) is 0.615. The van der Waals surface area contributed by atoms with Gasteiger partial charge >= 0.3 is 0 Å². The Morgan fingerprint density at radius 3 is 2.89 bits per heavy atom. The molecule has 1 atom stereocenters. The fourth-order valence-corrected chi connectivity index (χ4v) is 2.42. The number of carbonyl (C=O) groups is 1. The van der Waals surface area contributed by atoms with Gasteiger partial charge in [-0.15, -0.1) is 0 Å². The zero-order valence-electron chi connectivity index (χ0n) is 11.7. The van der Waals surface area contributed by atoms with Crippen LogP contribution in [0, 0.1) is 12.3 Å². The van der Waals surface area contributed by atoms with Crippen LogP contribution in [0.3, 0.4) is 0 Å². The van der Waals surface area contributed by atoms with Crippen LogP contribution in [-0.4, -0.2) is 40.9 Å². The molecule has 1 aromatic heterocycles. The molecule has 0 bridgehead atoms. The third-order valence-corrected chi connectivity index (χ3v) is 3.67. The van der Waals surface area contributed by atoms with Gasteiger partial charge in [-0.1, -0.05) is 0 Å². The molecule has 0 spiro atoms. The number of aryl methyl sites for hydroxylation is 1. The van der Waals surface area contributed by atoms with E-state index in [-0.39, 0.29) is 5.91 Å². The summed E-state index contributed by atoms with van der Waals surface area (Å²) >= 11 is 0. The van der Waals surface area contributed by atoms with Crippen LogP contribution in [0.1, 0.15) is 24.9 Å². The lowest BCUT2D eigenvalue weighted by atomic mass is 9.89. The molecule has 1 aromatic rings. The average molecular weight is 263 g/mol. The Balaban J connectivity index is 2.07. The van der Waals surface area contributed by atoms with E-state index in [0.29, 0.717) is 13.1 Å². The molecule has 3 N–H and O–H groups in total. The van der Waals surface area contributed by atoms with Crippen molar-refractivity contribution in [1.29, 1.82) is 0 Å². The SMILES string of the molecule is CNc1cc(C)nc(CN2CCC(C)(C(N)=O)C2)n1. The number of nitrogens with two attached hydrogens (primary N) is 1. The number of hydrogen-bond acceptors (Lipinski definition) is 5. The summed E-state index contributed by atoms with van der Waals surface area (Å²) in [7, 11) is 1.84. The first-order valence-electron chi connectivity index (χ1n) is 6.47. The Bertz CT molecular complexity index is 490. The van der Waals surface area contributed by atoms with Gasteiger partial charge in [-0.25, -0.2) is 9.97 Å². The number of rotatable bonds is 4. The van der Waals surface area contributed by atoms with E-state index < -0.39 is 5.41 Å². The predicted molar refractivity (Wildman–Crippen MR) is 73.5 cm³/mol. The second-order valence-corrected chi connectivity index (χ2v) is 5.45. The highest BCUT2D eigenvalue weighted by Crippen LogP contribution is 2.30. The average Bonchev–Trinajstić information content (AvgIpc) is 2.71. The molecule has 0 aliphatic carbocycles. The first-order valence-corrected chi connectivity index (χ1v) is 6.47. The van der Waals surface area contributed by atoms with Crippen LogP contribution in [0.2, 0.25) is 0 Å². The zero-order valence-corrected chi connectivity index (χ0v) is 11.7. The molecule has 1 fully saturated rings. The minimum atomic E-state index is -0.421. The van der Waals surface area contributed by atoms with Crippen LogP contribution < -0.4 is 11.1 Å². The summed E-state index contributed by atoms with van der Waals surface area (Å²) in [5, 5.41) is 3.02. The number of likely N-dealkylation sites (tertiary alicyclic amines) is 1. The maximum absolute atomic E-state index is 11.4. The Kier molecular flexibility index (Phi) is 3.71. The minimum absolute atomic E-state index is 0.226. The number of amides is 1. The van der Waals surface area contributed by atoms with Crippen molar-refractivity contribution in [2.45, 2.75) is 26.8 Å². The summed E-state index contributed by atoms with van der Waals surface area (Å²) in [6.07, 6.45) is 0.799. The molecule has 104 valence electrons. The van der Waals surface area contributed by atoms with Gasteiger partial charge in [0.05, 0.1) is 12.0 Å². The van der Waals surface area contributed by atoms with Crippen molar-refractivity contribution in [3.8, 4) is 0 Å². The molecule has 6 heteroatoms. The van der Waals surface area contributed by atoms with Gasteiger partial charge in [0.15, 0.2) is 0 Å². The predicted octanol–water partition coefficient (Wildman–Crippen LogP) is 0.524. The highest BCUT2D eigenvalue weighted by molar-refractivity contribution is 5.81. The number of hydrogen-bond donors (Lipinski definition) is 2. The number of nitrogens with one attached hydrogen (secondary N) is 1. The Morgan fingerprint density at radius 2 is 2.32 bits per heavy atom. The molecule has 0 radical (unpaired) electrons. The number of anilines is 1. The highest BCUT2D eigenvalue weighted by Gasteiger charge is 2.38. The summed E-state index contributed by atoms with van der Waals surface area (Å²) < 4.78 is 0. The van der Waals surface area contributed by atoms with Gasteiger partial charge in [0.2, 0.25) is 5.91 Å². The summed E-state index contributed by atoms with van der Waals surface area (Å²) in [5.74, 6) is 1.37. The largest absolute Gasteiger partial charge is 0.373 e. The Hall–Kier alpha value is -1.69. The molecular formula is C13H21N5O. The van der Waals surface area contributed by atoms with Crippen LogP contribution in [0.5, 0.6) is 0 Å². The summed E-state index contributed by atoms with van der Waals surface area (Å²) in [5.41, 5.74) is 5.97. The molecule has 1 amide bonds. The third kappa shape index (κ3) is 3.01. The molecule has 1 aliphatic heterocycles. The van der Waals surface area contributed by atoms with E-state index in [1.54, 1.807) is 0 Å². The standard InChI is InChI=1S/C13H21N5O/c1-9-6-10(15-3)17-11(16-9)7-18-5-4-13(2,8-18)12(14)19/h6H,4-5,7-8H2,1-3H3,(H2,14,19)(H,15,16,17). The first kappa shape index (κ1) is 13.7. The summed E-state index contributed by atoms with van der Waals surface area (Å²) in [4.78, 5) is 22.5. The molecule has 1 aliphatic rings. The van der Waals surface area contributed by atoms with Crippen LogP contribution >= 0.6 is 0 Å². The third-order valence-electron chi connectivity index (χ3n) is 3.67. The van der Waals surface area contributed by atoms with Crippen LogP contribution in [0.25, 0.3) is 0 Å². The summed E-state index contributed by atoms with van der Waals surface area (Å²) in [6.45, 7) is 6.05. The lowest BCUT2D eigenvalue weighted by Gasteiger charge is -2.20. The second kappa shape index (κ2) is 5.13. The van der Waals surface area contributed by atoms with Gasteiger partial charge in [-0.05, 0) is 26.8 Å². The number of aromatic nitrogens is 2. The van der Waals surface area contributed by atoms with Crippen molar-refractivity contribution in [2.24, 2.45) is 11.1 Å². The minimum Gasteiger partial charge on any atom is -0.373 e. The van der Waals surface area contributed by atoms with Gasteiger partial charge < -0.3 is 11.1 Å². The lowest BCUT2D eigenvalue weighted by molar-refractivity contribution is -0.126. The van der Waals surface area contributed by atoms with Crippen molar-refractivity contribution in [3.63, 3.8) is 0 Å². The van der Waals surface area contributed by atoms with Gasteiger partial charge in [-0.3, -0.25) is 9.69 Å². The van der Waals surface area contributed by atoms with Gasteiger partial charge in [0.1, 0.15) is 11.6 Å². The van der Waals surface area contributed by atoms with E-state index in [1.807, 2.05) is 27.0 Å². The van der Waals surface area contributed by atoms with Crippen molar-refractivity contribution in [1.82, 2.24) is 14.9 Å². The zero-order chi connectivity index (χ0) is 14.0. The summed E-state index contributed by atoms with van der Waals surface area (Å²) in [6, 6.07) is 1.90. The van der Waals surface area contributed by atoms with Crippen LogP contribution in [-0.2, 0) is 11.3 Å². The molecular weight excluding hydrogens is 242 g/mol. The van der Waals surface area contributed by atoms with Gasteiger partial charge in [0, 0.05) is 25.4 Å². The van der Waals surface area contributed by atoms with E-state index in [9.17, 15) is 4.79 Å². The maximum atomic E-state index is 11.4.